The first kappa shape index (κ1) is 18.0. The number of carbonyl (C=O) groups excluding carboxylic acids is 1. The molecule has 1 saturated heterocycles. The number of halogens is 1. The Morgan fingerprint density at radius 2 is 1.88 bits per heavy atom. The van der Waals surface area contributed by atoms with E-state index in [4.69, 9.17) is 0 Å². The Hall–Kier alpha value is -1.35. The lowest BCUT2D eigenvalue weighted by Crippen LogP contribution is -2.31. The van der Waals surface area contributed by atoms with Gasteiger partial charge >= 0.3 is 0 Å². The zero-order valence-electron chi connectivity index (χ0n) is 13.8. The highest BCUT2D eigenvalue weighted by Crippen LogP contribution is 2.42. The minimum absolute atomic E-state index is 0.0284. The number of anilines is 1. The maximum atomic E-state index is 13.3. The highest BCUT2D eigenvalue weighted by molar-refractivity contribution is 9.10. The molecule has 8 heteroatoms. The molecule has 1 fully saturated rings. The van der Waals surface area contributed by atoms with E-state index in [0.29, 0.717) is 25.1 Å². The SMILES string of the molecule is O=C1CCc2cc(S(=O)(=O)N3CCSC3c3ccc(Br)cc3)ccc2N1. The highest BCUT2D eigenvalue weighted by atomic mass is 79.9. The van der Waals surface area contributed by atoms with Crippen LogP contribution in [-0.4, -0.2) is 30.9 Å². The Balaban J connectivity index is 1.67. The number of hydrogen-bond donors (Lipinski definition) is 1. The number of benzene rings is 2. The van der Waals surface area contributed by atoms with Gasteiger partial charge in [-0.25, -0.2) is 8.42 Å². The molecule has 1 unspecified atom stereocenters. The van der Waals surface area contributed by atoms with Gasteiger partial charge in [0.2, 0.25) is 15.9 Å². The van der Waals surface area contributed by atoms with Crippen molar-refractivity contribution in [3.8, 4) is 0 Å². The van der Waals surface area contributed by atoms with Crippen LogP contribution in [0.25, 0.3) is 0 Å². The molecule has 26 heavy (non-hydrogen) atoms. The fourth-order valence-corrected chi connectivity index (χ4v) is 6.80. The summed E-state index contributed by atoms with van der Waals surface area (Å²) >= 11 is 5.05. The van der Waals surface area contributed by atoms with Crippen LogP contribution in [0.2, 0.25) is 0 Å². The molecule has 2 heterocycles. The maximum Gasteiger partial charge on any atom is 0.244 e. The van der Waals surface area contributed by atoms with Gasteiger partial charge in [0.15, 0.2) is 0 Å². The van der Waals surface area contributed by atoms with Gasteiger partial charge in [-0.05, 0) is 47.9 Å². The van der Waals surface area contributed by atoms with Gasteiger partial charge in [-0.2, -0.15) is 4.31 Å². The zero-order chi connectivity index (χ0) is 18.3. The van der Waals surface area contributed by atoms with Crippen molar-refractivity contribution in [1.82, 2.24) is 4.31 Å². The molecule has 0 aliphatic carbocycles. The molecule has 1 amide bonds. The Morgan fingerprint density at radius 3 is 2.65 bits per heavy atom. The van der Waals surface area contributed by atoms with Crippen molar-refractivity contribution in [3.05, 3.63) is 58.1 Å². The normalized spacial score (nSPS) is 20.7. The van der Waals surface area contributed by atoms with Crippen molar-refractivity contribution in [2.45, 2.75) is 23.1 Å². The van der Waals surface area contributed by atoms with E-state index >= 15 is 0 Å². The third kappa shape index (κ3) is 3.31. The number of hydrogen-bond acceptors (Lipinski definition) is 4. The molecule has 2 aliphatic rings. The number of amides is 1. The van der Waals surface area contributed by atoms with E-state index in [-0.39, 0.29) is 16.2 Å². The van der Waals surface area contributed by atoms with Crippen molar-refractivity contribution in [1.29, 1.82) is 0 Å². The molecule has 4 rings (SSSR count). The summed E-state index contributed by atoms with van der Waals surface area (Å²) in [6.45, 7) is 0.488. The number of fused-ring (bicyclic) bond motifs is 1. The quantitative estimate of drug-likeness (QED) is 0.769. The van der Waals surface area contributed by atoms with Crippen LogP contribution in [0.15, 0.2) is 51.8 Å². The van der Waals surface area contributed by atoms with Gasteiger partial charge in [-0.1, -0.05) is 28.1 Å². The minimum Gasteiger partial charge on any atom is -0.326 e. The fourth-order valence-electron chi connectivity index (χ4n) is 3.25. The first-order valence-corrected chi connectivity index (χ1v) is 11.5. The largest absolute Gasteiger partial charge is 0.326 e. The van der Waals surface area contributed by atoms with E-state index in [0.717, 1.165) is 21.4 Å². The molecular formula is C18H17BrN2O3S2. The van der Waals surface area contributed by atoms with Crippen molar-refractivity contribution in [3.63, 3.8) is 0 Å². The van der Waals surface area contributed by atoms with E-state index in [1.165, 1.54) is 0 Å². The fraction of sp³-hybridized carbons (Fsp3) is 0.278. The minimum atomic E-state index is -3.61. The predicted molar refractivity (Wildman–Crippen MR) is 107 cm³/mol. The van der Waals surface area contributed by atoms with E-state index in [1.807, 2.05) is 24.3 Å². The molecule has 1 N–H and O–H groups in total. The number of thioether (sulfide) groups is 1. The van der Waals surface area contributed by atoms with Crippen LogP contribution in [-0.2, 0) is 21.2 Å². The lowest BCUT2D eigenvalue weighted by molar-refractivity contribution is -0.116. The van der Waals surface area contributed by atoms with Gasteiger partial charge < -0.3 is 5.32 Å². The van der Waals surface area contributed by atoms with E-state index in [9.17, 15) is 13.2 Å². The van der Waals surface area contributed by atoms with E-state index in [1.54, 1.807) is 34.3 Å². The molecule has 2 aromatic rings. The van der Waals surface area contributed by atoms with Crippen LogP contribution in [0, 0.1) is 0 Å². The summed E-state index contributed by atoms with van der Waals surface area (Å²) in [7, 11) is -3.61. The highest BCUT2D eigenvalue weighted by Gasteiger charge is 2.37. The second-order valence-electron chi connectivity index (χ2n) is 6.26. The molecule has 2 aliphatic heterocycles. The van der Waals surface area contributed by atoms with Gasteiger partial charge in [0, 0.05) is 28.9 Å². The first-order chi connectivity index (χ1) is 12.4. The summed E-state index contributed by atoms with van der Waals surface area (Å²) in [5.74, 6) is 0.736. The second-order valence-corrected chi connectivity index (χ2v) is 10.3. The lowest BCUT2D eigenvalue weighted by atomic mass is 10.0. The standard InChI is InChI=1S/C18H17BrN2O3S2/c19-14-4-1-12(2-5-14)18-21(9-10-25-18)26(23,24)15-6-7-16-13(11-15)3-8-17(22)20-16/h1-2,4-7,11,18H,3,8-10H2,(H,20,22). The van der Waals surface area contributed by atoms with E-state index < -0.39 is 10.0 Å². The Morgan fingerprint density at radius 1 is 1.12 bits per heavy atom. The van der Waals surface area contributed by atoms with Crippen molar-refractivity contribution in [2.75, 3.05) is 17.6 Å². The molecule has 136 valence electrons. The molecular weight excluding hydrogens is 436 g/mol. The summed E-state index contributed by atoms with van der Waals surface area (Å²) in [6.07, 6.45) is 0.951. The Labute approximate surface area is 165 Å². The summed E-state index contributed by atoms with van der Waals surface area (Å²) in [5, 5.41) is 2.57. The van der Waals surface area contributed by atoms with Gasteiger partial charge in [-0.15, -0.1) is 11.8 Å². The number of sulfonamides is 1. The van der Waals surface area contributed by atoms with Gasteiger partial charge in [-0.3, -0.25) is 4.79 Å². The Bertz CT molecular complexity index is 961. The van der Waals surface area contributed by atoms with Crippen molar-refractivity contribution < 1.29 is 13.2 Å². The lowest BCUT2D eigenvalue weighted by Gasteiger charge is -2.25. The van der Waals surface area contributed by atoms with Crippen LogP contribution in [0.3, 0.4) is 0 Å². The van der Waals surface area contributed by atoms with Crippen LogP contribution in [0.1, 0.15) is 22.9 Å². The summed E-state index contributed by atoms with van der Waals surface area (Å²) in [6, 6.07) is 12.8. The molecule has 0 saturated carbocycles. The zero-order valence-corrected chi connectivity index (χ0v) is 17.0. The average Bonchev–Trinajstić information content (AvgIpc) is 3.12. The second kappa shape index (κ2) is 6.99. The Kier molecular flexibility index (Phi) is 4.85. The smallest absolute Gasteiger partial charge is 0.244 e. The van der Waals surface area contributed by atoms with Crippen LogP contribution < -0.4 is 5.32 Å². The topological polar surface area (TPSA) is 66.5 Å². The summed E-state index contributed by atoms with van der Waals surface area (Å²) < 4.78 is 29.0. The predicted octanol–water partition coefficient (Wildman–Crippen LogP) is 3.77. The summed E-state index contributed by atoms with van der Waals surface area (Å²) in [4.78, 5) is 11.8. The third-order valence-corrected chi connectivity index (χ3v) is 8.37. The molecule has 0 bridgehead atoms. The van der Waals surface area contributed by atoms with Crippen molar-refractivity contribution in [2.24, 2.45) is 0 Å². The van der Waals surface area contributed by atoms with Gasteiger partial charge in [0.25, 0.3) is 0 Å². The molecule has 1 atom stereocenters. The number of nitrogens with zero attached hydrogens (tertiary/aromatic N) is 1. The monoisotopic (exact) mass is 452 g/mol. The van der Waals surface area contributed by atoms with Gasteiger partial charge in [0.1, 0.15) is 0 Å². The van der Waals surface area contributed by atoms with Crippen molar-refractivity contribution >= 4 is 49.3 Å². The molecule has 0 radical (unpaired) electrons. The maximum absolute atomic E-state index is 13.3. The molecule has 2 aromatic carbocycles. The molecule has 5 nitrogen and oxygen atoms in total. The molecule has 0 spiro atoms. The summed E-state index contributed by atoms with van der Waals surface area (Å²) in [5.41, 5.74) is 2.56. The number of nitrogens with one attached hydrogen (secondary N) is 1. The number of rotatable bonds is 3. The van der Waals surface area contributed by atoms with E-state index in [2.05, 4.69) is 21.2 Å². The number of carbonyl (C=O) groups is 1. The first-order valence-electron chi connectivity index (χ1n) is 8.27. The third-order valence-electron chi connectivity index (χ3n) is 4.58. The van der Waals surface area contributed by atoms with Gasteiger partial charge in [0.05, 0.1) is 10.3 Å². The van der Waals surface area contributed by atoms with Crippen LogP contribution in [0.5, 0.6) is 0 Å². The molecule has 0 aromatic heterocycles. The number of aryl methyl sites for hydroxylation is 1. The average molecular weight is 453 g/mol. The van der Waals surface area contributed by atoms with Crippen LogP contribution in [0.4, 0.5) is 5.69 Å². The van der Waals surface area contributed by atoms with Crippen LogP contribution >= 0.6 is 27.7 Å².